The van der Waals surface area contributed by atoms with E-state index in [1.807, 2.05) is 12.1 Å². The first-order valence-corrected chi connectivity index (χ1v) is 7.57. The largest absolute Gasteiger partial charge is 1.00 e. The lowest BCUT2D eigenvalue weighted by Crippen LogP contribution is -3.00. The van der Waals surface area contributed by atoms with Crippen LogP contribution in [-0.4, -0.2) is 11.0 Å². The number of carbonyl (C=O) groups is 1. The highest BCUT2D eigenvalue weighted by atomic mass is 35.5. The van der Waals surface area contributed by atoms with Crippen LogP contribution >= 0.6 is 0 Å². The van der Waals surface area contributed by atoms with Gasteiger partial charge in [0.1, 0.15) is 11.5 Å². The zero-order valence-corrected chi connectivity index (χ0v) is 14.6. The number of halogens is 1. The predicted molar refractivity (Wildman–Crippen MR) is 92.3 cm³/mol. The number of benzene rings is 2. The minimum absolute atomic E-state index is 0. The Kier molecular flexibility index (Phi) is 6.67. The molecule has 0 bridgehead atoms. The molecule has 0 spiro atoms. The first-order valence-electron chi connectivity index (χ1n) is 7.57. The fourth-order valence-corrected chi connectivity index (χ4v) is 2.07. The normalized spacial score (nSPS) is 9.63. The number of aromatic amines is 1. The Balaban J connectivity index is 0.00000261. The van der Waals surface area contributed by atoms with Crippen LogP contribution in [0.5, 0.6) is 17.2 Å². The van der Waals surface area contributed by atoms with Gasteiger partial charge in [0.2, 0.25) is 6.20 Å². The van der Waals surface area contributed by atoms with E-state index >= 15 is 0 Å². The monoisotopic (exact) mass is 387 g/mol. The van der Waals surface area contributed by atoms with Crippen molar-refractivity contribution in [3.8, 4) is 17.2 Å². The van der Waals surface area contributed by atoms with Crippen molar-refractivity contribution in [2.24, 2.45) is 0 Å². The molecule has 27 heavy (non-hydrogen) atoms. The molecule has 0 saturated carbocycles. The Morgan fingerprint density at radius 3 is 2.22 bits per heavy atom. The standard InChI is InChI=1S/C18H13N3O5.ClH/c22-18(26-16-9-5-14(6-10-16)21(23)24)20-13-3-7-15(8-4-13)25-17-2-1-11-19-12-17;/h1-12H,(H,20,22);1H. The maximum Gasteiger partial charge on any atom is 0.417 e. The highest BCUT2D eigenvalue weighted by molar-refractivity contribution is 5.86. The molecule has 3 rings (SSSR count). The van der Waals surface area contributed by atoms with Crippen LogP contribution in [-0.2, 0) is 0 Å². The van der Waals surface area contributed by atoms with Crippen LogP contribution in [0.4, 0.5) is 16.2 Å². The molecule has 2 aromatic carbocycles. The van der Waals surface area contributed by atoms with Crippen molar-refractivity contribution in [1.82, 2.24) is 0 Å². The molecular formula is C18H14ClN3O5. The average Bonchev–Trinajstić information content (AvgIpc) is 2.64. The number of nitrogens with zero attached hydrogens (tertiary/aromatic N) is 1. The van der Waals surface area contributed by atoms with Crippen molar-refractivity contribution < 1.29 is 36.6 Å². The zero-order valence-electron chi connectivity index (χ0n) is 13.8. The maximum atomic E-state index is 11.9. The number of nitrogens with one attached hydrogen (secondary N) is 2. The van der Waals surface area contributed by atoms with Crippen molar-refractivity contribution in [1.29, 1.82) is 0 Å². The van der Waals surface area contributed by atoms with E-state index in [1.165, 1.54) is 24.3 Å². The third-order valence-electron chi connectivity index (χ3n) is 3.27. The topological polar surface area (TPSA) is 105 Å². The fraction of sp³-hybridized carbons (Fsp3) is 0. The Hall–Kier alpha value is -3.65. The van der Waals surface area contributed by atoms with E-state index in [4.69, 9.17) is 9.47 Å². The van der Waals surface area contributed by atoms with Crippen LogP contribution in [0.2, 0.25) is 0 Å². The van der Waals surface area contributed by atoms with Gasteiger partial charge in [-0.2, -0.15) is 0 Å². The van der Waals surface area contributed by atoms with Gasteiger partial charge in [-0.05, 0) is 42.5 Å². The summed E-state index contributed by atoms with van der Waals surface area (Å²) < 4.78 is 10.7. The van der Waals surface area contributed by atoms with Crippen LogP contribution in [0.1, 0.15) is 0 Å². The molecule has 3 aromatic rings. The SMILES string of the molecule is O=C(Nc1ccc(Oc2ccc[nH+]c2)cc1)Oc1ccc([N+](=O)[O-])cc1.[Cl-]. The lowest BCUT2D eigenvalue weighted by molar-refractivity contribution is -0.384. The molecule has 0 aliphatic rings. The highest BCUT2D eigenvalue weighted by Gasteiger charge is 2.09. The van der Waals surface area contributed by atoms with E-state index in [2.05, 4.69) is 10.3 Å². The van der Waals surface area contributed by atoms with Crippen molar-refractivity contribution in [2.45, 2.75) is 0 Å². The lowest BCUT2D eigenvalue weighted by atomic mass is 10.3. The van der Waals surface area contributed by atoms with E-state index in [-0.39, 0.29) is 23.8 Å². The Labute approximate surface area is 160 Å². The first-order chi connectivity index (χ1) is 12.6. The summed E-state index contributed by atoms with van der Waals surface area (Å²) >= 11 is 0. The lowest BCUT2D eigenvalue weighted by Gasteiger charge is -2.08. The second kappa shape index (κ2) is 9.16. The number of nitro benzene ring substituents is 1. The molecule has 0 aliphatic heterocycles. The van der Waals surface area contributed by atoms with Crippen molar-refractivity contribution in [2.75, 3.05) is 5.32 Å². The van der Waals surface area contributed by atoms with E-state index in [0.29, 0.717) is 17.2 Å². The number of nitro groups is 1. The summed E-state index contributed by atoms with van der Waals surface area (Å²) in [7, 11) is 0. The van der Waals surface area contributed by atoms with E-state index in [9.17, 15) is 14.9 Å². The average molecular weight is 388 g/mol. The second-order valence-corrected chi connectivity index (χ2v) is 5.13. The van der Waals surface area contributed by atoms with Gasteiger partial charge < -0.3 is 21.9 Å². The zero-order chi connectivity index (χ0) is 18.4. The van der Waals surface area contributed by atoms with Crippen molar-refractivity contribution in [3.63, 3.8) is 0 Å². The van der Waals surface area contributed by atoms with Gasteiger partial charge in [-0.25, -0.2) is 9.78 Å². The molecule has 0 saturated heterocycles. The number of H-pyrrole nitrogens is 1. The molecule has 0 radical (unpaired) electrons. The van der Waals surface area contributed by atoms with Gasteiger partial charge in [0.25, 0.3) is 5.69 Å². The summed E-state index contributed by atoms with van der Waals surface area (Å²) in [4.78, 5) is 24.9. The number of rotatable bonds is 5. The molecule has 9 heteroatoms. The quantitative estimate of drug-likeness (QED) is 0.515. The van der Waals surface area contributed by atoms with Gasteiger partial charge in [-0.1, -0.05) is 0 Å². The predicted octanol–water partition coefficient (Wildman–Crippen LogP) is 0.816. The van der Waals surface area contributed by atoms with Gasteiger partial charge >= 0.3 is 6.09 Å². The number of hydrogen-bond acceptors (Lipinski definition) is 5. The first kappa shape index (κ1) is 19.7. The molecule has 0 unspecified atom stereocenters. The van der Waals surface area contributed by atoms with Crippen LogP contribution in [0.15, 0.2) is 73.1 Å². The number of non-ortho nitro benzene ring substituents is 1. The summed E-state index contributed by atoms with van der Waals surface area (Å²) in [5.41, 5.74) is 0.438. The third-order valence-corrected chi connectivity index (χ3v) is 3.27. The van der Waals surface area contributed by atoms with E-state index < -0.39 is 11.0 Å². The van der Waals surface area contributed by atoms with Crippen LogP contribution < -0.4 is 32.2 Å². The minimum atomic E-state index is -0.704. The fourth-order valence-electron chi connectivity index (χ4n) is 2.07. The molecule has 1 amide bonds. The minimum Gasteiger partial charge on any atom is -1.00 e. The summed E-state index contributed by atoms with van der Waals surface area (Å²) in [6.45, 7) is 0. The molecule has 0 fully saturated rings. The van der Waals surface area contributed by atoms with Gasteiger partial charge in [0, 0.05) is 23.9 Å². The van der Waals surface area contributed by atoms with Crippen LogP contribution in [0.3, 0.4) is 0 Å². The summed E-state index contributed by atoms with van der Waals surface area (Å²) in [6, 6.07) is 15.6. The molecule has 8 nitrogen and oxygen atoms in total. The smallest absolute Gasteiger partial charge is 0.417 e. The highest BCUT2D eigenvalue weighted by Crippen LogP contribution is 2.22. The molecule has 0 atom stereocenters. The molecule has 2 N–H and O–H groups in total. The summed E-state index contributed by atoms with van der Waals surface area (Å²) in [5.74, 6) is 1.47. The number of pyridine rings is 1. The number of amides is 1. The third kappa shape index (κ3) is 5.68. The van der Waals surface area contributed by atoms with Crippen molar-refractivity contribution >= 4 is 17.5 Å². The Morgan fingerprint density at radius 2 is 1.63 bits per heavy atom. The van der Waals surface area contributed by atoms with Gasteiger partial charge in [0.15, 0.2) is 11.9 Å². The van der Waals surface area contributed by atoms with Gasteiger partial charge in [-0.15, -0.1) is 0 Å². The van der Waals surface area contributed by atoms with Gasteiger partial charge in [0.05, 0.1) is 4.92 Å². The molecule has 138 valence electrons. The second-order valence-electron chi connectivity index (χ2n) is 5.13. The Morgan fingerprint density at radius 1 is 0.963 bits per heavy atom. The maximum absolute atomic E-state index is 11.9. The summed E-state index contributed by atoms with van der Waals surface area (Å²) in [6.07, 6.45) is 2.79. The number of anilines is 1. The molecular weight excluding hydrogens is 374 g/mol. The van der Waals surface area contributed by atoms with E-state index in [0.717, 1.165) is 0 Å². The molecule has 1 aromatic heterocycles. The van der Waals surface area contributed by atoms with Crippen LogP contribution in [0, 0.1) is 10.1 Å². The number of carbonyl (C=O) groups excluding carboxylic acids is 1. The van der Waals surface area contributed by atoms with E-state index in [1.54, 1.807) is 36.7 Å². The number of ether oxygens (including phenoxy) is 2. The molecule has 0 aliphatic carbocycles. The van der Waals surface area contributed by atoms with Gasteiger partial charge in [-0.3, -0.25) is 15.4 Å². The molecule has 1 heterocycles. The Bertz CT molecular complexity index is 903. The summed E-state index contributed by atoms with van der Waals surface area (Å²) in [5, 5.41) is 13.2. The van der Waals surface area contributed by atoms with Crippen LogP contribution in [0.25, 0.3) is 0 Å². The number of aromatic nitrogens is 1. The number of hydrogen-bond donors (Lipinski definition) is 1. The van der Waals surface area contributed by atoms with Crippen molar-refractivity contribution in [3.05, 3.63) is 83.2 Å².